The average molecular weight is 424 g/mol. The van der Waals surface area contributed by atoms with Crippen molar-refractivity contribution < 1.29 is 4.79 Å². The Morgan fingerprint density at radius 2 is 2.10 bits per heavy atom. The Hall–Kier alpha value is -2.62. The molecule has 0 spiro atoms. The molecule has 1 amide bonds. The molecule has 2 aliphatic heterocycles. The van der Waals surface area contributed by atoms with Crippen molar-refractivity contribution in [2.75, 3.05) is 13.1 Å². The predicted octanol–water partition coefficient (Wildman–Crippen LogP) is 2.11. The second kappa shape index (κ2) is 8.63. The summed E-state index contributed by atoms with van der Waals surface area (Å²) in [5, 5.41) is 8.93. The quantitative estimate of drug-likeness (QED) is 0.654. The number of carbonyl (C=O) groups is 1. The summed E-state index contributed by atoms with van der Waals surface area (Å²) in [6, 6.07) is 6.07. The molecule has 0 aromatic carbocycles. The minimum absolute atomic E-state index is 0.0106. The summed E-state index contributed by atoms with van der Waals surface area (Å²) in [6.45, 7) is 2.76. The summed E-state index contributed by atoms with van der Waals surface area (Å²) < 4.78 is 1.85. The number of imidazole rings is 1. The van der Waals surface area contributed by atoms with Crippen LogP contribution in [0.1, 0.15) is 35.9 Å². The molecule has 8 nitrogen and oxygen atoms in total. The van der Waals surface area contributed by atoms with Gasteiger partial charge in [-0.15, -0.1) is 11.3 Å². The highest BCUT2D eigenvalue weighted by Gasteiger charge is 2.34. The molecule has 0 saturated carbocycles. The highest BCUT2D eigenvalue weighted by Crippen LogP contribution is 2.28. The van der Waals surface area contributed by atoms with Crippen LogP contribution < -0.4 is 10.6 Å². The van der Waals surface area contributed by atoms with Crippen molar-refractivity contribution in [1.82, 2.24) is 35.1 Å². The van der Waals surface area contributed by atoms with Crippen LogP contribution in [-0.4, -0.2) is 49.6 Å². The van der Waals surface area contributed by atoms with Crippen molar-refractivity contribution in [2.24, 2.45) is 5.92 Å². The molecule has 156 valence electrons. The fourth-order valence-electron chi connectivity index (χ4n) is 4.38. The van der Waals surface area contributed by atoms with E-state index in [9.17, 15) is 4.79 Å². The van der Waals surface area contributed by atoms with E-state index in [0.29, 0.717) is 18.3 Å². The number of carbonyl (C=O) groups excluding carboxylic acids is 1. The van der Waals surface area contributed by atoms with Gasteiger partial charge in [0.2, 0.25) is 11.9 Å². The first-order valence-electron chi connectivity index (χ1n) is 10.4. The molecule has 0 aliphatic carbocycles. The van der Waals surface area contributed by atoms with Crippen molar-refractivity contribution in [1.29, 1.82) is 0 Å². The van der Waals surface area contributed by atoms with Crippen molar-refractivity contribution >= 4 is 17.2 Å². The van der Waals surface area contributed by atoms with Crippen LogP contribution in [0.15, 0.2) is 48.5 Å². The lowest BCUT2D eigenvalue weighted by molar-refractivity contribution is -0.125. The number of hydrogen-bond donors (Lipinski definition) is 2. The maximum atomic E-state index is 12.3. The van der Waals surface area contributed by atoms with Gasteiger partial charge in [0.15, 0.2) is 0 Å². The van der Waals surface area contributed by atoms with Crippen LogP contribution in [0.2, 0.25) is 0 Å². The topological polar surface area (TPSA) is 88.0 Å². The van der Waals surface area contributed by atoms with Gasteiger partial charge < -0.3 is 5.32 Å². The maximum absolute atomic E-state index is 12.3. The van der Waals surface area contributed by atoms with Crippen LogP contribution >= 0.6 is 11.3 Å². The lowest BCUT2D eigenvalue weighted by atomic mass is 9.92. The van der Waals surface area contributed by atoms with Gasteiger partial charge in [0.1, 0.15) is 6.33 Å². The largest absolute Gasteiger partial charge is 0.340 e. The summed E-state index contributed by atoms with van der Waals surface area (Å²) in [5.74, 6) is 1.14. The van der Waals surface area contributed by atoms with Gasteiger partial charge in [-0.05, 0) is 36.9 Å². The summed E-state index contributed by atoms with van der Waals surface area (Å²) in [5.41, 5.74) is 1.00. The molecule has 2 N–H and O–H groups in total. The van der Waals surface area contributed by atoms with Crippen LogP contribution in [-0.2, 0) is 11.3 Å². The first-order valence-corrected chi connectivity index (χ1v) is 11.2. The smallest absolute Gasteiger partial charge is 0.234 e. The lowest BCUT2D eigenvalue weighted by Crippen LogP contribution is -2.59. The van der Waals surface area contributed by atoms with Gasteiger partial charge in [-0.3, -0.25) is 19.6 Å². The molecule has 2 unspecified atom stereocenters. The van der Waals surface area contributed by atoms with E-state index in [1.54, 1.807) is 36.1 Å². The standard InChI is InChI=1S/C21H25N7OS/c29-19-10-17(18-5-2-9-30-18)25-20(26-19)15-4-1-8-27(11-15)12-16-13-28(14-24-16)21-22-6-3-7-23-21/h2-3,5-7,9,13-15,17,20,25H,1,4,8,10-12H2,(H,26,29)/t15-,17?,20?/m1/s1. The Bertz CT molecular complexity index is 974. The molecule has 2 fully saturated rings. The zero-order valence-corrected chi connectivity index (χ0v) is 17.5. The second-order valence-electron chi connectivity index (χ2n) is 7.94. The molecule has 9 heteroatoms. The number of piperidine rings is 1. The highest BCUT2D eigenvalue weighted by molar-refractivity contribution is 7.10. The average Bonchev–Trinajstić information content (AvgIpc) is 3.47. The molecule has 0 bridgehead atoms. The number of nitrogens with one attached hydrogen (secondary N) is 2. The number of aromatic nitrogens is 4. The molecule has 3 aromatic rings. The highest BCUT2D eigenvalue weighted by atomic mass is 32.1. The van der Waals surface area contributed by atoms with Crippen LogP contribution in [0.5, 0.6) is 0 Å². The summed E-state index contributed by atoms with van der Waals surface area (Å²) in [6.07, 6.45) is 9.96. The monoisotopic (exact) mass is 423 g/mol. The first-order chi connectivity index (χ1) is 14.7. The molecular formula is C21H25N7OS. The molecular weight excluding hydrogens is 398 g/mol. The molecule has 5 rings (SSSR count). The number of nitrogens with zero attached hydrogens (tertiary/aromatic N) is 5. The number of rotatable bonds is 5. The third-order valence-electron chi connectivity index (χ3n) is 5.79. The predicted molar refractivity (Wildman–Crippen MR) is 114 cm³/mol. The summed E-state index contributed by atoms with van der Waals surface area (Å²) in [4.78, 5) is 29.1. The van der Waals surface area contributed by atoms with Gasteiger partial charge in [0, 0.05) is 48.9 Å². The lowest BCUT2D eigenvalue weighted by Gasteiger charge is -2.41. The van der Waals surface area contributed by atoms with Gasteiger partial charge in [-0.2, -0.15) is 0 Å². The molecule has 3 atom stereocenters. The first kappa shape index (κ1) is 19.3. The molecule has 0 radical (unpaired) electrons. The van der Waals surface area contributed by atoms with E-state index in [0.717, 1.165) is 38.2 Å². The van der Waals surface area contributed by atoms with E-state index in [1.165, 1.54) is 4.88 Å². The summed E-state index contributed by atoms with van der Waals surface area (Å²) in [7, 11) is 0. The molecule has 2 aliphatic rings. The van der Waals surface area contributed by atoms with Crippen molar-refractivity contribution in [3.63, 3.8) is 0 Å². The number of amides is 1. The van der Waals surface area contributed by atoms with Gasteiger partial charge in [-0.25, -0.2) is 15.0 Å². The zero-order valence-electron chi connectivity index (χ0n) is 16.6. The Labute approximate surface area is 179 Å². The number of hydrogen-bond acceptors (Lipinski definition) is 7. The second-order valence-corrected chi connectivity index (χ2v) is 8.92. The fraction of sp³-hybridized carbons (Fsp3) is 0.429. The van der Waals surface area contributed by atoms with E-state index in [4.69, 9.17) is 0 Å². The van der Waals surface area contributed by atoms with Crippen LogP contribution in [0.4, 0.5) is 0 Å². The maximum Gasteiger partial charge on any atom is 0.234 e. The molecule has 3 aromatic heterocycles. The van der Waals surface area contributed by atoms with Crippen LogP contribution in [0.25, 0.3) is 5.95 Å². The number of likely N-dealkylation sites (tertiary alicyclic amines) is 1. The van der Waals surface area contributed by atoms with E-state index in [-0.39, 0.29) is 18.1 Å². The van der Waals surface area contributed by atoms with Crippen molar-refractivity contribution in [2.45, 2.75) is 38.0 Å². The Balaban J connectivity index is 1.23. The SMILES string of the molecule is O=C1CC(c2cccs2)NC([C@@H]2CCCN(Cc3cn(-c4ncccn4)cn3)C2)N1. The summed E-state index contributed by atoms with van der Waals surface area (Å²) >= 11 is 1.71. The van der Waals surface area contributed by atoms with E-state index in [1.807, 2.05) is 16.8 Å². The van der Waals surface area contributed by atoms with Crippen molar-refractivity contribution in [3.05, 3.63) is 59.1 Å². The van der Waals surface area contributed by atoms with Crippen LogP contribution in [0.3, 0.4) is 0 Å². The third kappa shape index (κ3) is 4.28. The van der Waals surface area contributed by atoms with E-state index >= 15 is 0 Å². The Morgan fingerprint density at radius 1 is 1.20 bits per heavy atom. The third-order valence-corrected chi connectivity index (χ3v) is 6.78. The Morgan fingerprint density at radius 3 is 2.93 bits per heavy atom. The Kier molecular flexibility index (Phi) is 5.56. The van der Waals surface area contributed by atoms with E-state index in [2.05, 4.69) is 41.9 Å². The van der Waals surface area contributed by atoms with Gasteiger partial charge >= 0.3 is 0 Å². The molecule has 2 saturated heterocycles. The fourth-order valence-corrected chi connectivity index (χ4v) is 5.16. The minimum Gasteiger partial charge on any atom is -0.340 e. The molecule has 30 heavy (non-hydrogen) atoms. The zero-order chi connectivity index (χ0) is 20.3. The normalized spacial score (nSPS) is 25.2. The van der Waals surface area contributed by atoms with E-state index < -0.39 is 0 Å². The van der Waals surface area contributed by atoms with Gasteiger partial charge in [0.25, 0.3) is 0 Å². The van der Waals surface area contributed by atoms with Gasteiger partial charge in [0.05, 0.1) is 17.9 Å². The molecule has 5 heterocycles. The van der Waals surface area contributed by atoms with Gasteiger partial charge in [-0.1, -0.05) is 6.07 Å². The number of thiophene rings is 1. The van der Waals surface area contributed by atoms with Crippen molar-refractivity contribution in [3.8, 4) is 5.95 Å². The van der Waals surface area contributed by atoms with Crippen LogP contribution in [0, 0.1) is 5.92 Å². The minimum atomic E-state index is 0.0106.